The van der Waals surface area contributed by atoms with Crippen molar-refractivity contribution in [1.82, 2.24) is 0 Å². The van der Waals surface area contributed by atoms with E-state index < -0.39 is 0 Å². The summed E-state index contributed by atoms with van der Waals surface area (Å²) in [6.45, 7) is 27.0. The zero-order valence-electron chi connectivity index (χ0n) is 25.3. The van der Waals surface area contributed by atoms with Gasteiger partial charge in [0.1, 0.15) is 0 Å². The van der Waals surface area contributed by atoms with Gasteiger partial charge in [0.25, 0.3) is 0 Å². The standard InChI is InChI=1S/C21H25.C10H17.C3H6.2ClH.Zr/c1-20(2,3)16-9-7-14-11-15-8-10-17(21(4,5)6)13-19(15)18(14)12-16;1-8-5-6-9(7-8)10(2,3)4;1-3-2;;;/h7,9-10,12-13H,11H2,1-6H3;6,8-9H,7H2,1-4H3;1-2H3;2*1H;/q2*-1;;;;+2/p-2. The Morgan fingerprint density at radius 3 is 1.76 bits per heavy atom. The van der Waals surface area contributed by atoms with Gasteiger partial charge in [0.2, 0.25) is 0 Å². The van der Waals surface area contributed by atoms with E-state index in [4.69, 9.17) is 0 Å². The average Bonchev–Trinajstić information content (AvgIpc) is 3.29. The first-order valence-electron chi connectivity index (χ1n) is 13.2. The first-order chi connectivity index (χ1) is 15.9. The normalized spacial score (nSPS) is 17.7. The Labute approximate surface area is 256 Å². The minimum absolute atomic E-state index is 0. The van der Waals surface area contributed by atoms with E-state index in [1.54, 1.807) is 24.2 Å². The smallest absolute Gasteiger partial charge is 1.00 e. The van der Waals surface area contributed by atoms with E-state index in [-0.39, 0.29) is 35.6 Å². The summed E-state index contributed by atoms with van der Waals surface area (Å²) in [5.41, 5.74) is 9.20. The summed E-state index contributed by atoms with van der Waals surface area (Å²) in [4.78, 5) is 0. The number of halogens is 2. The molecule has 0 spiro atoms. The molecule has 2 aliphatic rings. The van der Waals surface area contributed by atoms with Crippen molar-refractivity contribution in [3.8, 4) is 11.1 Å². The molecule has 0 heterocycles. The zero-order chi connectivity index (χ0) is 26.8. The van der Waals surface area contributed by atoms with Crippen molar-refractivity contribution in [2.75, 3.05) is 0 Å². The summed E-state index contributed by atoms with van der Waals surface area (Å²) < 4.78 is 1.51. The van der Waals surface area contributed by atoms with Crippen LogP contribution >= 0.6 is 0 Å². The predicted octanol–water partition coefficient (Wildman–Crippen LogP) is 3.45. The molecule has 204 valence electrons. The molecule has 2 unspecified atom stereocenters. The van der Waals surface area contributed by atoms with E-state index in [1.165, 1.54) is 43.0 Å². The van der Waals surface area contributed by atoms with Crippen molar-refractivity contribution in [3.63, 3.8) is 0 Å². The van der Waals surface area contributed by atoms with Gasteiger partial charge in [0.05, 0.1) is 0 Å². The molecule has 0 fully saturated rings. The minimum Gasteiger partial charge on any atom is -1.00 e. The van der Waals surface area contributed by atoms with E-state index in [9.17, 15) is 0 Å². The maximum absolute atomic E-state index is 3.53. The second kappa shape index (κ2) is 14.2. The van der Waals surface area contributed by atoms with Crippen molar-refractivity contribution in [2.45, 2.75) is 107 Å². The van der Waals surface area contributed by atoms with E-state index in [2.05, 4.69) is 132 Å². The van der Waals surface area contributed by atoms with Gasteiger partial charge in [-0.3, -0.25) is 6.08 Å². The molecule has 0 bridgehead atoms. The summed E-state index contributed by atoms with van der Waals surface area (Å²) in [5.74, 6) is 1.44. The Hall–Kier alpha value is -0.487. The van der Waals surface area contributed by atoms with E-state index in [0.717, 1.165) is 12.3 Å². The van der Waals surface area contributed by atoms with Crippen molar-refractivity contribution in [2.24, 2.45) is 17.3 Å². The van der Waals surface area contributed by atoms with Crippen LogP contribution in [0.2, 0.25) is 0 Å². The predicted molar refractivity (Wildman–Crippen MR) is 152 cm³/mol. The molecule has 2 aromatic carbocycles. The third kappa shape index (κ3) is 10.9. The van der Waals surface area contributed by atoms with Crippen LogP contribution in [0.15, 0.2) is 36.4 Å². The largest absolute Gasteiger partial charge is 1.00 e. The summed E-state index contributed by atoms with van der Waals surface area (Å²) in [7, 11) is 0. The molecular weight excluding hydrogens is 571 g/mol. The van der Waals surface area contributed by atoms with Crippen LogP contribution in [0.5, 0.6) is 0 Å². The first-order valence-corrected chi connectivity index (χ1v) is 14.4. The third-order valence-corrected chi connectivity index (χ3v) is 6.83. The molecule has 2 aromatic rings. The van der Waals surface area contributed by atoms with Gasteiger partial charge in [0, 0.05) is 0 Å². The molecule has 4 rings (SSSR count). The maximum Gasteiger partial charge on any atom is -1.00 e. The van der Waals surface area contributed by atoms with E-state index in [0.29, 0.717) is 11.3 Å². The maximum atomic E-state index is 3.53. The molecule has 0 aliphatic heterocycles. The third-order valence-electron chi connectivity index (χ3n) is 6.83. The quantitative estimate of drug-likeness (QED) is 0.339. The van der Waals surface area contributed by atoms with Crippen molar-refractivity contribution in [3.05, 3.63) is 70.8 Å². The Bertz CT molecular complexity index is 993. The summed E-state index contributed by atoms with van der Waals surface area (Å²) in [6, 6.07) is 15.1. The molecular formula is C34H48Cl2Zr-2. The molecule has 0 saturated heterocycles. The zero-order valence-corrected chi connectivity index (χ0v) is 29.3. The number of benzene rings is 2. The second-order valence-corrected chi connectivity index (χ2v) is 16.2. The molecule has 0 radical (unpaired) electrons. The molecule has 0 amide bonds. The van der Waals surface area contributed by atoms with Gasteiger partial charge in [-0.2, -0.15) is 35.2 Å². The van der Waals surface area contributed by atoms with Gasteiger partial charge < -0.3 is 30.9 Å². The van der Waals surface area contributed by atoms with Crippen LogP contribution in [0.3, 0.4) is 0 Å². The van der Waals surface area contributed by atoms with Crippen molar-refractivity contribution >= 4 is 3.21 Å². The van der Waals surface area contributed by atoms with Gasteiger partial charge >= 0.3 is 41.3 Å². The van der Waals surface area contributed by atoms with Crippen LogP contribution < -0.4 is 24.8 Å². The fourth-order valence-electron chi connectivity index (χ4n) is 4.39. The molecule has 0 N–H and O–H groups in total. The van der Waals surface area contributed by atoms with Crippen LogP contribution in [-0.2, 0) is 41.5 Å². The molecule has 0 aromatic heterocycles. The van der Waals surface area contributed by atoms with Crippen LogP contribution in [-0.4, -0.2) is 3.21 Å². The monoisotopic (exact) mass is 616 g/mol. The molecule has 2 atom stereocenters. The average molecular weight is 619 g/mol. The summed E-state index contributed by atoms with van der Waals surface area (Å²) >= 11 is 1.55. The number of fused-ring (bicyclic) bond motifs is 3. The number of hydrogen-bond donors (Lipinski definition) is 0. The van der Waals surface area contributed by atoms with Gasteiger partial charge in [-0.05, 0) is 22.8 Å². The summed E-state index contributed by atoms with van der Waals surface area (Å²) in [6.07, 6.45) is 7.93. The Morgan fingerprint density at radius 2 is 1.35 bits per heavy atom. The van der Waals surface area contributed by atoms with Gasteiger partial charge in [-0.1, -0.05) is 116 Å². The molecule has 37 heavy (non-hydrogen) atoms. The van der Waals surface area contributed by atoms with E-state index >= 15 is 0 Å². The second-order valence-electron chi connectivity index (χ2n) is 13.8. The Kier molecular flexibility index (Phi) is 14.0. The Morgan fingerprint density at radius 1 is 0.838 bits per heavy atom. The summed E-state index contributed by atoms with van der Waals surface area (Å²) in [5, 5.41) is 0. The van der Waals surface area contributed by atoms with Crippen LogP contribution in [0, 0.1) is 29.4 Å². The fraction of sp³-hybridized carbons (Fsp3) is 0.559. The Balaban J connectivity index is 0.000000684. The molecule has 0 nitrogen and oxygen atoms in total. The van der Waals surface area contributed by atoms with Crippen LogP contribution in [0.1, 0.15) is 112 Å². The van der Waals surface area contributed by atoms with Crippen LogP contribution in [0.25, 0.3) is 11.1 Å². The fourth-order valence-corrected chi connectivity index (χ4v) is 4.39. The number of hydrogen-bond acceptors (Lipinski definition) is 0. The number of allylic oxidation sites excluding steroid dienone is 2. The van der Waals surface area contributed by atoms with Crippen molar-refractivity contribution in [1.29, 1.82) is 0 Å². The number of rotatable bonds is 0. The van der Waals surface area contributed by atoms with E-state index in [1.807, 2.05) is 0 Å². The van der Waals surface area contributed by atoms with Gasteiger partial charge in [-0.15, -0.1) is 5.56 Å². The molecule has 2 aliphatic carbocycles. The van der Waals surface area contributed by atoms with Crippen molar-refractivity contribution < 1.29 is 49.0 Å². The molecule has 0 saturated carbocycles. The molecule has 3 heteroatoms. The van der Waals surface area contributed by atoms with Gasteiger partial charge in [0.15, 0.2) is 0 Å². The first kappa shape index (κ1) is 36.5. The SMILES string of the molecule is CC(C)(C)c1c[c-]c2c(c1)-c1cc(C(C)(C)C)ccc1C2.CC1[C-]=CC(C(C)(C)C)C1.C[C](C)=[Zr+2].[Cl-].[Cl-]. The minimum atomic E-state index is 0. The van der Waals surface area contributed by atoms with Gasteiger partial charge in [-0.25, -0.2) is 0 Å². The topological polar surface area (TPSA) is 0 Å². The van der Waals surface area contributed by atoms with Crippen LogP contribution in [0.4, 0.5) is 0 Å².